The molecule has 0 aromatic carbocycles. The summed E-state index contributed by atoms with van der Waals surface area (Å²) < 4.78 is 0. The summed E-state index contributed by atoms with van der Waals surface area (Å²) in [7, 11) is 1.53. The lowest BCUT2D eigenvalue weighted by Gasteiger charge is -2.18. The number of carbonyl (C=O) groups is 3. The molecule has 5 nitrogen and oxygen atoms in total. The fraction of sp³-hybridized carbons (Fsp3) is 0.500. The first-order valence-electron chi connectivity index (χ1n) is 6.19. The van der Waals surface area contributed by atoms with Crippen LogP contribution in [0.15, 0.2) is 25.3 Å². The second-order valence-corrected chi connectivity index (χ2v) is 4.28. The summed E-state index contributed by atoms with van der Waals surface area (Å²) in [6, 6.07) is -0.619. The molecule has 0 saturated heterocycles. The van der Waals surface area contributed by atoms with Crippen molar-refractivity contribution in [1.29, 1.82) is 0 Å². The zero-order valence-corrected chi connectivity index (χ0v) is 11.6. The van der Waals surface area contributed by atoms with Gasteiger partial charge < -0.3 is 10.6 Å². The van der Waals surface area contributed by atoms with Crippen LogP contribution in [0.25, 0.3) is 0 Å². The van der Waals surface area contributed by atoms with Gasteiger partial charge >= 0.3 is 0 Å². The third-order valence-electron chi connectivity index (χ3n) is 2.68. The van der Waals surface area contributed by atoms with E-state index in [0.717, 1.165) is 0 Å². The van der Waals surface area contributed by atoms with Gasteiger partial charge in [-0.25, -0.2) is 0 Å². The molecule has 0 aromatic rings. The van der Waals surface area contributed by atoms with Crippen molar-refractivity contribution < 1.29 is 14.4 Å². The van der Waals surface area contributed by atoms with Crippen LogP contribution in [0.4, 0.5) is 0 Å². The van der Waals surface area contributed by atoms with Crippen LogP contribution < -0.4 is 10.6 Å². The zero-order chi connectivity index (χ0) is 14.8. The Bertz CT molecular complexity index is 364. The van der Waals surface area contributed by atoms with E-state index in [1.165, 1.54) is 14.0 Å². The molecule has 0 aliphatic rings. The Labute approximate surface area is 114 Å². The molecule has 2 unspecified atom stereocenters. The first-order chi connectivity index (χ1) is 8.96. The minimum atomic E-state index is -0.619. The lowest BCUT2D eigenvalue weighted by atomic mass is 9.93. The van der Waals surface area contributed by atoms with Gasteiger partial charge in [0, 0.05) is 26.3 Å². The van der Waals surface area contributed by atoms with E-state index >= 15 is 0 Å². The molecule has 5 heteroatoms. The summed E-state index contributed by atoms with van der Waals surface area (Å²) in [5.41, 5.74) is 0. The van der Waals surface area contributed by atoms with Crippen LogP contribution in [-0.4, -0.2) is 30.7 Å². The lowest BCUT2D eigenvalue weighted by molar-refractivity contribution is -0.131. The van der Waals surface area contributed by atoms with Gasteiger partial charge in [-0.15, -0.1) is 13.2 Å². The molecule has 0 radical (unpaired) electrons. The highest BCUT2D eigenvalue weighted by atomic mass is 16.2. The van der Waals surface area contributed by atoms with Crippen molar-refractivity contribution in [2.24, 2.45) is 5.92 Å². The maximum Gasteiger partial charge on any atom is 0.223 e. The normalized spacial score (nSPS) is 12.9. The van der Waals surface area contributed by atoms with Gasteiger partial charge in [0.15, 0.2) is 5.78 Å². The van der Waals surface area contributed by atoms with E-state index in [1.54, 1.807) is 12.2 Å². The van der Waals surface area contributed by atoms with Gasteiger partial charge in [-0.1, -0.05) is 12.2 Å². The highest BCUT2D eigenvalue weighted by Gasteiger charge is 2.25. The molecule has 19 heavy (non-hydrogen) atoms. The van der Waals surface area contributed by atoms with E-state index in [0.29, 0.717) is 12.8 Å². The highest BCUT2D eigenvalue weighted by Crippen LogP contribution is 2.13. The standard InChI is InChI=1S/C14H22N2O3/c1-5-7-11(14(19)15-4)9-13(18)12(8-6-2)16-10(3)17/h5-6,11-12H,1-2,7-9H2,3-4H3,(H,15,19)(H,16,17). The summed E-state index contributed by atoms with van der Waals surface area (Å²) in [5.74, 6) is -1.10. The molecule has 0 aliphatic carbocycles. The van der Waals surface area contributed by atoms with Crippen LogP contribution in [0.2, 0.25) is 0 Å². The Balaban J connectivity index is 4.73. The monoisotopic (exact) mass is 266 g/mol. The van der Waals surface area contributed by atoms with Gasteiger partial charge in [-0.05, 0) is 12.8 Å². The Morgan fingerprint density at radius 3 is 2.16 bits per heavy atom. The van der Waals surface area contributed by atoms with Crippen LogP contribution in [0.3, 0.4) is 0 Å². The maximum absolute atomic E-state index is 12.1. The second kappa shape index (κ2) is 9.08. The van der Waals surface area contributed by atoms with Crippen molar-refractivity contribution in [3.63, 3.8) is 0 Å². The average Bonchev–Trinajstić information content (AvgIpc) is 2.36. The van der Waals surface area contributed by atoms with Crippen molar-refractivity contribution in [2.45, 2.75) is 32.2 Å². The quantitative estimate of drug-likeness (QED) is 0.610. The Morgan fingerprint density at radius 1 is 1.16 bits per heavy atom. The van der Waals surface area contributed by atoms with E-state index in [4.69, 9.17) is 0 Å². The average molecular weight is 266 g/mol. The minimum absolute atomic E-state index is 0.0739. The second-order valence-electron chi connectivity index (χ2n) is 4.28. The molecule has 0 spiro atoms. The molecule has 0 heterocycles. The van der Waals surface area contributed by atoms with Crippen LogP contribution in [0.1, 0.15) is 26.2 Å². The van der Waals surface area contributed by atoms with Gasteiger partial charge in [0.1, 0.15) is 0 Å². The van der Waals surface area contributed by atoms with Gasteiger partial charge in [0.05, 0.1) is 6.04 Å². The van der Waals surface area contributed by atoms with Crippen molar-refractivity contribution in [3.8, 4) is 0 Å². The third kappa shape index (κ3) is 6.55. The molecule has 0 aromatic heterocycles. The van der Waals surface area contributed by atoms with Crippen LogP contribution in [0.5, 0.6) is 0 Å². The molecule has 0 rings (SSSR count). The number of ketones is 1. The predicted molar refractivity (Wildman–Crippen MR) is 74.4 cm³/mol. The number of hydrogen-bond donors (Lipinski definition) is 2. The number of allylic oxidation sites excluding steroid dienone is 1. The van der Waals surface area contributed by atoms with E-state index < -0.39 is 12.0 Å². The molecular formula is C14H22N2O3. The zero-order valence-electron chi connectivity index (χ0n) is 11.6. The van der Waals surface area contributed by atoms with Gasteiger partial charge in [0.25, 0.3) is 0 Å². The van der Waals surface area contributed by atoms with E-state index in [2.05, 4.69) is 23.8 Å². The van der Waals surface area contributed by atoms with Crippen LogP contribution in [0, 0.1) is 5.92 Å². The molecule has 2 atom stereocenters. The Kier molecular flexibility index (Phi) is 8.17. The molecule has 2 N–H and O–H groups in total. The molecule has 0 saturated carbocycles. The first kappa shape index (κ1) is 17.1. The number of carbonyl (C=O) groups excluding carboxylic acids is 3. The number of amides is 2. The van der Waals surface area contributed by atoms with E-state index in [1.807, 2.05) is 0 Å². The topological polar surface area (TPSA) is 75.3 Å². The van der Waals surface area contributed by atoms with E-state index in [-0.39, 0.29) is 24.0 Å². The maximum atomic E-state index is 12.1. The van der Waals surface area contributed by atoms with Crippen molar-refractivity contribution in [3.05, 3.63) is 25.3 Å². The van der Waals surface area contributed by atoms with Gasteiger partial charge in [-0.2, -0.15) is 0 Å². The molecule has 2 amide bonds. The summed E-state index contributed by atoms with van der Waals surface area (Å²) in [6.45, 7) is 8.49. The predicted octanol–water partition coefficient (Wildman–Crippen LogP) is 0.965. The van der Waals surface area contributed by atoms with Gasteiger partial charge in [0.2, 0.25) is 11.8 Å². The fourth-order valence-electron chi connectivity index (χ4n) is 1.76. The van der Waals surface area contributed by atoms with Crippen molar-refractivity contribution >= 4 is 17.6 Å². The Morgan fingerprint density at radius 2 is 1.74 bits per heavy atom. The molecule has 0 bridgehead atoms. The van der Waals surface area contributed by atoms with Crippen LogP contribution >= 0.6 is 0 Å². The summed E-state index contributed by atoms with van der Waals surface area (Å²) in [5, 5.41) is 5.09. The number of rotatable bonds is 9. The lowest BCUT2D eigenvalue weighted by Crippen LogP contribution is -2.41. The van der Waals surface area contributed by atoms with Crippen LogP contribution in [-0.2, 0) is 14.4 Å². The first-order valence-corrected chi connectivity index (χ1v) is 6.19. The molecule has 106 valence electrons. The SMILES string of the molecule is C=CCC(CC(=O)C(CC=C)NC(C)=O)C(=O)NC. The minimum Gasteiger partial charge on any atom is -0.359 e. The summed E-state index contributed by atoms with van der Waals surface area (Å²) in [4.78, 5) is 34.8. The number of Topliss-reactive ketones (excluding diaryl/α,β-unsaturated/α-hetero) is 1. The van der Waals surface area contributed by atoms with Crippen molar-refractivity contribution in [2.75, 3.05) is 7.05 Å². The largest absolute Gasteiger partial charge is 0.359 e. The number of nitrogens with one attached hydrogen (secondary N) is 2. The molecule has 0 fully saturated rings. The van der Waals surface area contributed by atoms with E-state index in [9.17, 15) is 14.4 Å². The summed E-state index contributed by atoms with van der Waals surface area (Å²) in [6.07, 6.45) is 4.03. The van der Waals surface area contributed by atoms with Crippen molar-refractivity contribution in [1.82, 2.24) is 10.6 Å². The van der Waals surface area contributed by atoms with Gasteiger partial charge in [-0.3, -0.25) is 14.4 Å². The molecule has 0 aliphatic heterocycles. The molecular weight excluding hydrogens is 244 g/mol. The Hall–Kier alpha value is -1.91. The number of hydrogen-bond acceptors (Lipinski definition) is 3. The third-order valence-corrected chi connectivity index (χ3v) is 2.68. The fourth-order valence-corrected chi connectivity index (χ4v) is 1.76. The highest BCUT2D eigenvalue weighted by molar-refractivity contribution is 5.92. The smallest absolute Gasteiger partial charge is 0.223 e. The summed E-state index contributed by atoms with van der Waals surface area (Å²) >= 11 is 0.